The topological polar surface area (TPSA) is 101 Å². The fourth-order valence-electron chi connectivity index (χ4n) is 1.93. The third-order valence-corrected chi connectivity index (χ3v) is 3.28. The molecule has 0 radical (unpaired) electrons. The van der Waals surface area contributed by atoms with Gasteiger partial charge in [0.2, 0.25) is 5.95 Å². The monoisotopic (exact) mass is 309 g/mol. The molecule has 0 aliphatic heterocycles. The molecule has 2 aromatic heterocycles. The summed E-state index contributed by atoms with van der Waals surface area (Å²) in [5.74, 6) is 0.204. The summed E-state index contributed by atoms with van der Waals surface area (Å²) in [5.41, 5.74) is 5.43. The normalized spacial score (nSPS) is 11.5. The molecule has 2 heterocycles. The predicted octanol–water partition coefficient (Wildman–Crippen LogP) is 1.50. The molecule has 1 aromatic carbocycles. The molecule has 23 heavy (non-hydrogen) atoms. The van der Waals surface area contributed by atoms with Crippen LogP contribution in [0.5, 0.6) is 0 Å². The third kappa shape index (κ3) is 3.31. The van der Waals surface area contributed by atoms with E-state index >= 15 is 0 Å². The molecule has 116 valence electrons. The molecule has 0 saturated carbocycles. The first-order valence-electron chi connectivity index (χ1n) is 6.96. The highest BCUT2D eigenvalue weighted by atomic mass is 16.1. The van der Waals surface area contributed by atoms with Crippen molar-refractivity contribution in [3.8, 4) is 5.69 Å². The number of aromatic amines is 1. The van der Waals surface area contributed by atoms with Crippen LogP contribution in [-0.4, -0.2) is 30.4 Å². The van der Waals surface area contributed by atoms with Crippen LogP contribution in [0.4, 0.5) is 5.95 Å². The van der Waals surface area contributed by atoms with Crippen molar-refractivity contribution in [2.24, 2.45) is 5.10 Å². The maximum atomic E-state index is 11.5. The molecule has 0 spiro atoms. The maximum Gasteiger partial charge on any atom is 0.274 e. The molecule has 0 saturated heterocycles. The molecule has 0 bridgehead atoms. The van der Waals surface area contributed by atoms with Gasteiger partial charge in [-0.05, 0) is 31.5 Å². The first-order valence-corrected chi connectivity index (χ1v) is 6.96. The highest BCUT2D eigenvalue weighted by molar-refractivity contribution is 5.99. The summed E-state index contributed by atoms with van der Waals surface area (Å²) in [5, 5.41) is 11.8. The Labute approximate surface area is 131 Å². The molecule has 0 aliphatic rings. The molecule has 0 atom stereocenters. The SMILES string of the molecule is CC(=NNc1nnc(C)c(=O)[nH]1)c1ccc(-n2ccnc2)cc1. The predicted molar refractivity (Wildman–Crippen MR) is 86.8 cm³/mol. The first-order chi connectivity index (χ1) is 11.1. The van der Waals surface area contributed by atoms with Crippen LogP contribution in [0.25, 0.3) is 5.69 Å². The van der Waals surface area contributed by atoms with Gasteiger partial charge in [0.05, 0.1) is 12.0 Å². The number of imidazole rings is 1. The molecule has 0 amide bonds. The number of nitrogens with one attached hydrogen (secondary N) is 2. The number of aromatic nitrogens is 5. The standard InChI is InChI=1S/C15H15N7O/c1-10(18-20-15-17-14(23)11(2)19-21-15)12-3-5-13(6-4-12)22-8-7-16-9-22/h3-9H,1-2H3,(H2,17,20,21,23). The Morgan fingerprint density at radius 1 is 1.26 bits per heavy atom. The van der Waals surface area contributed by atoms with Crippen LogP contribution in [0.1, 0.15) is 18.2 Å². The van der Waals surface area contributed by atoms with Gasteiger partial charge in [-0.25, -0.2) is 10.4 Å². The highest BCUT2D eigenvalue weighted by Crippen LogP contribution is 2.10. The van der Waals surface area contributed by atoms with E-state index in [0.717, 1.165) is 17.0 Å². The number of rotatable bonds is 4. The number of hydrogen-bond donors (Lipinski definition) is 2. The van der Waals surface area contributed by atoms with Gasteiger partial charge in [0.25, 0.3) is 5.56 Å². The minimum Gasteiger partial charge on any atom is -0.306 e. The van der Waals surface area contributed by atoms with Crippen molar-refractivity contribution in [2.75, 3.05) is 5.43 Å². The highest BCUT2D eigenvalue weighted by Gasteiger charge is 2.01. The van der Waals surface area contributed by atoms with Gasteiger partial charge in [-0.2, -0.15) is 5.10 Å². The van der Waals surface area contributed by atoms with E-state index in [1.54, 1.807) is 19.4 Å². The molecule has 3 rings (SSSR count). The van der Waals surface area contributed by atoms with Gasteiger partial charge in [0.1, 0.15) is 5.69 Å². The fraction of sp³-hybridized carbons (Fsp3) is 0.133. The largest absolute Gasteiger partial charge is 0.306 e. The van der Waals surface area contributed by atoms with E-state index in [4.69, 9.17) is 0 Å². The fourth-order valence-corrected chi connectivity index (χ4v) is 1.93. The lowest BCUT2D eigenvalue weighted by Crippen LogP contribution is -2.16. The van der Waals surface area contributed by atoms with Gasteiger partial charge in [0, 0.05) is 18.1 Å². The van der Waals surface area contributed by atoms with Crippen LogP contribution >= 0.6 is 0 Å². The van der Waals surface area contributed by atoms with Gasteiger partial charge in [-0.1, -0.05) is 12.1 Å². The number of nitrogens with zero attached hydrogens (tertiary/aromatic N) is 5. The maximum absolute atomic E-state index is 11.5. The van der Waals surface area contributed by atoms with Crippen LogP contribution < -0.4 is 11.0 Å². The Balaban J connectivity index is 1.75. The van der Waals surface area contributed by atoms with E-state index in [-0.39, 0.29) is 11.5 Å². The lowest BCUT2D eigenvalue weighted by atomic mass is 10.1. The molecule has 8 heteroatoms. The minimum absolute atomic E-state index is 0.204. The second-order valence-corrected chi connectivity index (χ2v) is 4.91. The molecule has 0 fully saturated rings. The van der Waals surface area contributed by atoms with E-state index in [1.165, 1.54) is 0 Å². The minimum atomic E-state index is -0.292. The molecular weight excluding hydrogens is 294 g/mol. The second-order valence-electron chi connectivity index (χ2n) is 4.91. The lowest BCUT2D eigenvalue weighted by molar-refractivity contribution is 0.897. The molecule has 3 aromatic rings. The van der Waals surface area contributed by atoms with Crippen molar-refractivity contribution in [3.05, 3.63) is 64.6 Å². The second kappa shape index (κ2) is 6.22. The third-order valence-electron chi connectivity index (χ3n) is 3.28. The van der Waals surface area contributed by atoms with Gasteiger partial charge < -0.3 is 4.57 Å². The number of H-pyrrole nitrogens is 1. The van der Waals surface area contributed by atoms with Gasteiger partial charge >= 0.3 is 0 Å². The molecule has 0 aliphatic carbocycles. The zero-order valence-corrected chi connectivity index (χ0v) is 12.7. The quantitative estimate of drug-likeness (QED) is 0.562. The molecular formula is C15H15N7O. The van der Waals surface area contributed by atoms with E-state index in [0.29, 0.717) is 5.69 Å². The van der Waals surface area contributed by atoms with Crippen LogP contribution in [0.2, 0.25) is 0 Å². The number of hydrazone groups is 1. The van der Waals surface area contributed by atoms with Crippen LogP contribution in [0.15, 0.2) is 52.9 Å². The van der Waals surface area contributed by atoms with Crippen molar-refractivity contribution in [2.45, 2.75) is 13.8 Å². The summed E-state index contributed by atoms with van der Waals surface area (Å²) in [4.78, 5) is 18.0. The first kappa shape index (κ1) is 14.6. The van der Waals surface area contributed by atoms with Crippen LogP contribution in [0.3, 0.4) is 0 Å². The van der Waals surface area contributed by atoms with Crippen molar-refractivity contribution >= 4 is 11.7 Å². The van der Waals surface area contributed by atoms with Gasteiger partial charge in [-0.15, -0.1) is 10.2 Å². The van der Waals surface area contributed by atoms with E-state index in [2.05, 4.69) is 30.7 Å². The van der Waals surface area contributed by atoms with Gasteiger partial charge in [0.15, 0.2) is 0 Å². The summed E-state index contributed by atoms with van der Waals surface area (Å²) in [6.07, 6.45) is 5.35. The van der Waals surface area contributed by atoms with Crippen molar-refractivity contribution in [1.82, 2.24) is 24.7 Å². The Kier molecular flexibility index (Phi) is 3.96. The summed E-state index contributed by atoms with van der Waals surface area (Å²) >= 11 is 0. The van der Waals surface area contributed by atoms with E-state index in [9.17, 15) is 4.79 Å². The molecule has 0 unspecified atom stereocenters. The number of aryl methyl sites for hydroxylation is 1. The number of anilines is 1. The summed E-state index contributed by atoms with van der Waals surface area (Å²) in [6, 6.07) is 7.87. The smallest absolute Gasteiger partial charge is 0.274 e. The van der Waals surface area contributed by atoms with E-state index in [1.807, 2.05) is 42.0 Å². The number of benzene rings is 1. The summed E-state index contributed by atoms with van der Waals surface area (Å²) < 4.78 is 1.92. The van der Waals surface area contributed by atoms with Crippen LogP contribution in [-0.2, 0) is 0 Å². The van der Waals surface area contributed by atoms with Crippen molar-refractivity contribution < 1.29 is 0 Å². The molecule has 8 nitrogen and oxygen atoms in total. The zero-order chi connectivity index (χ0) is 16.2. The Bertz CT molecular complexity index is 879. The lowest BCUT2D eigenvalue weighted by Gasteiger charge is -2.05. The Morgan fingerprint density at radius 2 is 2.04 bits per heavy atom. The average Bonchev–Trinajstić information content (AvgIpc) is 3.10. The summed E-state index contributed by atoms with van der Waals surface area (Å²) in [6.45, 7) is 3.45. The van der Waals surface area contributed by atoms with Crippen LogP contribution in [0, 0.1) is 6.92 Å². The Hall–Kier alpha value is -3.29. The number of hydrogen-bond acceptors (Lipinski definition) is 6. The van der Waals surface area contributed by atoms with Crippen molar-refractivity contribution in [3.63, 3.8) is 0 Å². The molecule has 2 N–H and O–H groups in total. The van der Waals surface area contributed by atoms with Crippen molar-refractivity contribution in [1.29, 1.82) is 0 Å². The van der Waals surface area contributed by atoms with E-state index < -0.39 is 0 Å². The van der Waals surface area contributed by atoms with Gasteiger partial charge in [-0.3, -0.25) is 9.78 Å². The Morgan fingerprint density at radius 3 is 2.70 bits per heavy atom. The average molecular weight is 309 g/mol. The zero-order valence-electron chi connectivity index (χ0n) is 12.7. The summed E-state index contributed by atoms with van der Waals surface area (Å²) in [7, 11) is 0.